The summed E-state index contributed by atoms with van der Waals surface area (Å²) in [7, 11) is 0. The number of benzene rings is 3. The Morgan fingerprint density at radius 3 is 1.80 bits per heavy atom. The molecule has 2 amide bonds. The van der Waals surface area contributed by atoms with Crippen molar-refractivity contribution >= 4 is 11.8 Å². The zero-order chi connectivity index (χ0) is 43.9. The predicted octanol–water partition coefficient (Wildman–Crippen LogP) is 10.7. The quantitative estimate of drug-likeness (QED) is 0.128. The molecule has 4 unspecified atom stereocenters. The van der Waals surface area contributed by atoms with E-state index in [-0.39, 0.29) is 53.7 Å². The molecular formula is C53H51F2N5O4. The lowest BCUT2D eigenvalue weighted by molar-refractivity contribution is 0.0396. The number of amides is 2. The van der Waals surface area contributed by atoms with Gasteiger partial charge < -0.3 is 19.3 Å². The molecule has 3 aromatic carbocycles. The van der Waals surface area contributed by atoms with E-state index >= 15 is 4.39 Å². The van der Waals surface area contributed by atoms with Gasteiger partial charge in [-0.2, -0.15) is 0 Å². The summed E-state index contributed by atoms with van der Waals surface area (Å²) in [4.78, 5) is 46.7. The van der Waals surface area contributed by atoms with Gasteiger partial charge in [-0.3, -0.25) is 14.6 Å². The molecule has 64 heavy (non-hydrogen) atoms. The molecule has 4 saturated heterocycles. The van der Waals surface area contributed by atoms with Crippen molar-refractivity contribution < 1.29 is 27.8 Å². The second kappa shape index (κ2) is 17.6. The first-order valence-electron chi connectivity index (χ1n) is 22.6. The minimum Gasteiger partial charge on any atom is -0.477 e. The van der Waals surface area contributed by atoms with Crippen LogP contribution in [0.3, 0.4) is 0 Å². The molecule has 6 aromatic rings. The third-order valence-electron chi connectivity index (χ3n) is 14.0. The molecule has 0 saturated carbocycles. The molecule has 0 radical (unpaired) electrons. The van der Waals surface area contributed by atoms with E-state index in [0.29, 0.717) is 35.9 Å². The third-order valence-corrected chi connectivity index (χ3v) is 14.0. The van der Waals surface area contributed by atoms with E-state index in [1.807, 2.05) is 86.6 Å². The van der Waals surface area contributed by atoms with Crippen LogP contribution in [-0.4, -0.2) is 73.9 Å². The minimum atomic E-state index is -0.518. The summed E-state index contributed by atoms with van der Waals surface area (Å²) in [5, 5.41) is 0. The van der Waals surface area contributed by atoms with E-state index in [1.165, 1.54) is 18.2 Å². The summed E-state index contributed by atoms with van der Waals surface area (Å²) < 4.78 is 41.1. The first-order valence-corrected chi connectivity index (χ1v) is 22.6. The molecule has 4 aliphatic heterocycles. The SMILES string of the molecule is Cc1ccc(-c2ccnc(-c3cc(F)cnc3OC[C@H]3CCC4CCC3N4C(=O)c3cc(C)ccc3-c3ccccc3)c2)c(C(=O)N2C3CCC2[C@@H](COc2ccc(F)cn2)CC3)c1. The molecule has 9 nitrogen and oxygen atoms in total. The van der Waals surface area contributed by atoms with Crippen LogP contribution in [0, 0.1) is 37.3 Å². The first kappa shape index (κ1) is 41.5. The molecule has 3 aromatic heterocycles. The Bertz CT molecular complexity index is 2700. The van der Waals surface area contributed by atoms with Crippen molar-refractivity contribution in [1.82, 2.24) is 24.8 Å². The summed E-state index contributed by atoms with van der Waals surface area (Å²) in [6.45, 7) is 4.71. The van der Waals surface area contributed by atoms with Gasteiger partial charge in [-0.1, -0.05) is 65.7 Å². The van der Waals surface area contributed by atoms with Crippen molar-refractivity contribution in [1.29, 1.82) is 0 Å². The van der Waals surface area contributed by atoms with Gasteiger partial charge in [0.2, 0.25) is 11.8 Å². The number of halogens is 2. The first-order chi connectivity index (χ1) is 31.2. The van der Waals surface area contributed by atoms with Gasteiger partial charge in [0, 0.05) is 59.4 Å². The van der Waals surface area contributed by atoms with Crippen LogP contribution in [0.15, 0.2) is 116 Å². The molecular weight excluding hydrogens is 809 g/mol. The van der Waals surface area contributed by atoms with Gasteiger partial charge in [0.1, 0.15) is 11.6 Å². The maximum Gasteiger partial charge on any atom is 0.255 e. The van der Waals surface area contributed by atoms with Gasteiger partial charge >= 0.3 is 0 Å². The van der Waals surface area contributed by atoms with Crippen LogP contribution >= 0.6 is 0 Å². The maximum atomic E-state index is 15.1. The van der Waals surface area contributed by atoms with Crippen molar-refractivity contribution in [2.45, 2.75) is 89.4 Å². The van der Waals surface area contributed by atoms with Crippen LogP contribution in [0.5, 0.6) is 11.8 Å². The van der Waals surface area contributed by atoms with Crippen molar-refractivity contribution in [2.24, 2.45) is 11.8 Å². The highest BCUT2D eigenvalue weighted by molar-refractivity contribution is 6.02. The van der Waals surface area contributed by atoms with E-state index in [9.17, 15) is 14.0 Å². The Hall–Kier alpha value is -6.49. The Morgan fingerprint density at radius 1 is 0.578 bits per heavy atom. The summed E-state index contributed by atoms with van der Waals surface area (Å²) >= 11 is 0. The number of aryl methyl sites for hydroxylation is 2. The zero-order valence-corrected chi connectivity index (χ0v) is 36.1. The second-order valence-corrected chi connectivity index (χ2v) is 18.0. The predicted molar refractivity (Wildman–Crippen MR) is 241 cm³/mol. The Morgan fingerprint density at radius 2 is 1.17 bits per heavy atom. The van der Waals surface area contributed by atoms with Crippen molar-refractivity contribution in [3.05, 3.63) is 150 Å². The molecule has 6 atom stereocenters. The van der Waals surface area contributed by atoms with E-state index in [0.717, 1.165) is 103 Å². The average molecular weight is 860 g/mol. The lowest BCUT2D eigenvalue weighted by Crippen LogP contribution is -2.49. The Labute approximate surface area is 372 Å². The van der Waals surface area contributed by atoms with Gasteiger partial charge in [-0.25, -0.2) is 18.7 Å². The molecule has 10 rings (SSSR count). The van der Waals surface area contributed by atoms with Crippen LogP contribution in [-0.2, 0) is 0 Å². The third kappa shape index (κ3) is 8.12. The topological polar surface area (TPSA) is 97.8 Å². The number of carbonyl (C=O) groups is 2. The molecule has 7 heterocycles. The lowest BCUT2D eigenvalue weighted by atomic mass is 9.89. The smallest absolute Gasteiger partial charge is 0.255 e. The van der Waals surface area contributed by atoms with Crippen LogP contribution < -0.4 is 9.47 Å². The van der Waals surface area contributed by atoms with Crippen LogP contribution in [0.25, 0.3) is 33.5 Å². The Kier molecular flexibility index (Phi) is 11.4. The number of rotatable bonds is 11. The fraction of sp³-hybridized carbons (Fsp3) is 0.340. The van der Waals surface area contributed by atoms with Gasteiger partial charge in [0.25, 0.3) is 11.8 Å². The standard InChI is InChI=1S/C53H51F2N5O4/c1-32-8-17-42(34-6-4-3-5-7-34)44(24-32)52(61)60-41-14-11-37(49(60)20-16-41)31-64-51-46(27-39(55)29-58-51)47-26-35(22-23-56-47)43-18-9-33(2)25-45(43)53(62)59-40-13-10-36(48(59)19-15-40)30-63-50-21-12-38(54)28-57-50/h3-9,12,17-18,21-29,36-37,40-41,48-49H,10-11,13-16,19-20,30-31H2,1-2H3/t36-,37-,40?,41?,48?,49?/m1/s1. The summed E-state index contributed by atoms with van der Waals surface area (Å²) in [5.41, 5.74) is 7.66. The van der Waals surface area contributed by atoms with Gasteiger partial charge in [0.15, 0.2) is 0 Å². The average Bonchev–Trinajstić information content (AvgIpc) is 3.80. The fourth-order valence-electron chi connectivity index (χ4n) is 10.9. The van der Waals surface area contributed by atoms with Crippen LogP contribution in [0.4, 0.5) is 8.78 Å². The molecule has 4 bridgehead atoms. The highest BCUT2D eigenvalue weighted by atomic mass is 19.1. The van der Waals surface area contributed by atoms with Crippen LogP contribution in [0.1, 0.15) is 83.2 Å². The van der Waals surface area contributed by atoms with E-state index < -0.39 is 11.6 Å². The summed E-state index contributed by atoms with van der Waals surface area (Å²) in [6.07, 6.45) is 11.2. The fourth-order valence-corrected chi connectivity index (χ4v) is 10.9. The highest BCUT2D eigenvalue weighted by Crippen LogP contribution is 2.44. The highest BCUT2D eigenvalue weighted by Gasteiger charge is 2.47. The molecule has 0 N–H and O–H groups in total. The summed E-state index contributed by atoms with van der Waals surface area (Å²) in [6, 6.07) is 30.4. The molecule has 4 aliphatic rings. The second-order valence-electron chi connectivity index (χ2n) is 18.0. The number of fused-ring (bicyclic) bond motifs is 4. The number of nitrogens with zero attached hydrogens (tertiary/aromatic N) is 5. The molecule has 0 spiro atoms. The zero-order valence-electron chi connectivity index (χ0n) is 36.1. The summed E-state index contributed by atoms with van der Waals surface area (Å²) in [5.74, 6) is -0.108. The normalized spacial score (nSPS) is 22.4. The molecule has 4 fully saturated rings. The van der Waals surface area contributed by atoms with Gasteiger partial charge in [-0.15, -0.1) is 0 Å². The number of carbonyl (C=O) groups excluding carboxylic acids is 2. The van der Waals surface area contributed by atoms with E-state index in [1.54, 1.807) is 6.20 Å². The van der Waals surface area contributed by atoms with E-state index in [4.69, 9.17) is 9.47 Å². The minimum absolute atomic E-state index is 0.00277. The van der Waals surface area contributed by atoms with Gasteiger partial charge in [-0.05, 0) is 124 Å². The number of hydrogen-bond donors (Lipinski definition) is 0. The van der Waals surface area contributed by atoms with E-state index in [2.05, 4.69) is 30.8 Å². The maximum absolute atomic E-state index is 15.1. The number of ether oxygens (including phenoxy) is 2. The molecule has 326 valence electrons. The van der Waals surface area contributed by atoms with Crippen molar-refractivity contribution in [3.63, 3.8) is 0 Å². The van der Waals surface area contributed by atoms with Crippen molar-refractivity contribution in [3.8, 4) is 45.3 Å². The van der Waals surface area contributed by atoms with Crippen molar-refractivity contribution in [2.75, 3.05) is 13.2 Å². The molecule has 0 aliphatic carbocycles. The van der Waals surface area contributed by atoms with Crippen LogP contribution in [0.2, 0.25) is 0 Å². The Balaban J connectivity index is 0.884. The largest absolute Gasteiger partial charge is 0.477 e. The molecule has 11 heteroatoms. The monoisotopic (exact) mass is 859 g/mol. The number of pyridine rings is 3. The van der Waals surface area contributed by atoms with Gasteiger partial charge in [0.05, 0.1) is 36.9 Å². The number of hydrogen-bond acceptors (Lipinski definition) is 7. The number of aromatic nitrogens is 3. The lowest BCUT2D eigenvalue weighted by Gasteiger charge is -2.40. The number of piperidine rings is 2.